The topological polar surface area (TPSA) is 311 Å². The number of ether oxygens (including phenoxy) is 2. The number of carboxylic acid groups (broad SMARTS) is 1. The molecule has 2 amide bonds. The van der Waals surface area contributed by atoms with Crippen molar-refractivity contribution in [1.29, 1.82) is 0 Å². The Hall–Kier alpha value is -8.33. The number of aromatic hydroxyl groups is 1. The molecule has 0 fully saturated rings. The van der Waals surface area contributed by atoms with Crippen LogP contribution in [0.25, 0.3) is 11.2 Å². The molecular weight excluding hydrogens is 837 g/mol. The molecule has 63 heavy (non-hydrogen) atoms. The number of thiocarbonyl (C=S) groups is 1. The number of anilines is 3. The van der Waals surface area contributed by atoms with Crippen LogP contribution in [0.3, 0.4) is 0 Å². The van der Waals surface area contributed by atoms with Gasteiger partial charge in [-0.05, 0) is 73.2 Å². The third-order valence-electron chi connectivity index (χ3n) is 10.1. The number of amides is 2. The van der Waals surface area contributed by atoms with E-state index >= 15 is 0 Å². The van der Waals surface area contributed by atoms with Crippen LogP contribution in [0.15, 0.2) is 89.9 Å². The van der Waals surface area contributed by atoms with Crippen LogP contribution in [0.5, 0.6) is 23.0 Å². The number of benzene rings is 4. The van der Waals surface area contributed by atoms with E-state index in [9.17, 15) is 39.3 Å². The maximum Gasteiger partial charge on any atom is 0.340 e. The molecule has 320 valence electrons. The first-order valence-corrected chi connectivity index (χ1v) is 19.6. The lowest BCUT2D eigenvalue weighted by atomic mass is 9.77. The van der Waals surface area contributed by atoms with Crippen molar-refractivity contribution in [3.05, 3.63) is 129 Å². The summed E-state index contributed by atoms with van der Waals surface area (Å²) in [5, 5.41) is 48.4. The van der Waals surface area contributed by atoms with Gasteiger partial charge in [-0.15, -0.1) is 5.75 Å². The van der Waals surface area contributed by atoms with Crippen LogP contribution in [-0.2, 0) is 26.5 Å². The Kier molecular flexibility index (Phi) is 11.2. The number of aromatic nitrogens is 4. The number of hydrogen-bond donors (Lipinski definition) is 8. The van der Waals surface area contributed by atoms with Crippen molar-refractivity contribution in [3.63, 3.8) is 0 Å². The Morgan fingerprint density at radius 2 is 1.62 bits per heavy atom. The van der Waals surface area contributed by atoms with Gasteiger partial charge in [0.1, 0.15) is 17.2 Å². The number of phenols is 1. The van der Waals surface area contributed by atoms with Crippen LogP contribution in [0.2, 0.25) is 0 Å². The zero-order chi connectivity index (χ0) is 44.4. The number of hydrogen-bond acceptors (Lipinski definition) is 16. The van der Waals surface area contributed by atoms with Crippen molar-refractivity contribution in [2.75, 3.05) is 29.5 Å². The molecule has 1 unspecified atom stereocenters. The molecule has 4 aromatic carbocycles. The normalized spacial score (nSPS) is 14.9. The van der Waals surface area contributed by atoms with Gasteiger partial charge in [0.05, 0.1) is 36.0 Å². The molecule has 4 heterocycles. The molecule has 2 aliphatic rings. The molecule has 0 aliphatic carbocycles. The van der Waals surface area contributed by atoms with Gasteiger partial charge >= 0.3 is 5.97 Å². The van der Waals surface area contributed by atoms with Gasteiger partial charge in [-0.1, -0.05) is 18.2 Å². The van der Waals surface area contributed by atoms with Crippen molar-refractivity contribution in [2.45, 2.75) is 31.0 Å². The number of phenolic OH excluding ortho intramolecular Hbond substituents is 1. The monoisotopic (exact) mass is 870 g/mol. The highest BCUT2D eigenvalue weighted by atomic mass is 32.1. The number of nitrogens with two attached hydrogens (primary N) is 1. The summed E-state index contributed by atoms with van der Waals surface area (Å²) in [6, 6.07) is 18.3. The minimum Gasteiger partial charge on any atom is -0.872 e. The summed E-state index contributed by atoms with van der Waals surface area (Å²) in [6.07, 6.45) is 0.973. The molecule has 9 N–H and O–H groups in total. The van der Waals surface area contributed by atoms with E-state index in [1.165, 1.54) is 42.6 Å². The molecule has 0 saturated carbocycles. The highest BCUT2D eigenvalue weighted by molar-refractivity contribution is 7.80. The van der Waals surface area contributed by atoms with Crippen LogP contribution in [0.1, 0.15) is 55.9 Å². The SMILES string of the molecule is Nc1nc2ncc(CNc3ccc(C(=O)N[C@@H](CCC(=O)NCCNC(=S)Nc4ccc5c(c4)C(=O)OC54c5ccc([O-])cc5Oc5cc(O)ccc54)C(=O)[O-])cc3)nc2c(=O)[nH]1. The Balaban J connectivity index is 0.792. The number of rotatable bonds is 13. The van der Waals surface area contributed by atoms with Crippen LogP contribution in [0.4, 0.5) is 17.3 Å². The zero-order valence-corrected chi connectivity index (χ0v) is 33.5. The van der Waals surface area contributed by atoms with Gasteiger partial charge in [0, 0.05) is 59.2 Å². The first-order valence-electron chi connectivity index (χ1n) is 19.2. The summed E-state index contributed by atoms with van der Waals surface area (Å²) >= 11 is 5.42. The number of nitrogens with one attached hydrogen (secondary N) is 6. The third kappa shape index (κ3) is 8.52. The number of nitrogens with zero attached hydrogens (tertiary/aromatic N) is 3. The molecule has 2 aliphatic heterocycles. The Morgan fingerprint density at radius 1 is 0.905 bits per heavy atom. The number of fused-ring (bicyclic) bond motifs is 7. The number of aliphatic carboxylic acids is 1. The van der Waals surface area contributed by atoms with E-state index in [2.05, 4.69) is 46.5 Å². The number of carbonyl (C=O) groups excluding carboxylic acids is 4. The van der Waals surface area contributed by atoms with Gasteiger partial charge < -0.3 is 61.9 Å². The highest BCUT2D eigenvalue weighted by Gasteiger charge is 2.53. The summed E-state index contributed by atoms with van der Waals surface area (Å²) in [5.41, 5.74) is 7.01. The van der Waals surface area contributed by atoms with Crippen LogP contribution < -0.4 is 52.8 Å². The van der Waals surface area contributed by atoms with Crippen LogP contribution >= 0.6 is 12.2 Å². The average molecular weight is 871 g/mol. The van der Waals surface area contributed by atoms with Crippen LogP contribution in [0, 0.1) is 0 Å². The van der Waals surface area contributed by atoms with E-state index < -0.39 is 41.0 Å². The van der Waals surface area contributed by atoms with Crippen molar-refractivity contribution in [1.82, 2.24) is 35.9 Å². The zero-order valence-electron chi connectivity index (χ0n) is 32.6. The third-order valence-corrected chi connectivity index (χ3v) is 10.4. The first-order chi connectivity index (χ1) is 30.3. The van der Waals surface area contributed by atoms with Crippen molar-refractivity contribution in [2.24, 2.45) is 0 Å². The Morgan fingerprint density at radius 3 is 2.40 bits per heavy atom. The van der Waals surface area contributed by atoms with Gasteiger partial charge in [0.15, 0.2) is 21.9 Å². The Labute approximate surface area is 360 Å². The summed E-state index contributed by atoms with van der Waals surface area (Å²) in [6.45, 7) is 0.486. The summed E-state index contributed by atoms with van der Waals surface area (Å²) in [4.78, 5) is 77.5. The number of aromatic amines is 1. The lowest BCUT2D eigenvalue weighted by molar-refractivity contribution is -0.308. The van der Waals surface area contributed by atoms with Crippen molar-refractivity contribution >= 4 is 69.6 Å². The average Bonchev–Trinajstić information content (AvgIpc) is 3.53. The minimum atomic E-state index is -1.56. The Bertz CT molecular complexity index is 2860. The molecule has 6 aromatic rings. The molecule has 20 nitrogen and oxygen atoms in total. The molecule has 0 radical (unpaired) electrons. The smallest absolute Gasteiger partial charge is 0.340 e. The molecule has 1 spiro atoms. The highest BCUT2D eigenvalue weighted by Crippen LogP contribution is 2.57. The number of carbonyl (C=O) groups is 4. The predicted octanol–water partition coefficient (Wildman–Crippen LogP) is 0.986. The predicted molar refractivity (Wildman–Crippen MR) is 225 cm³/mol. The number of nitrogen functional groups attached to an aromatic ring is 1. The molecule has 2 atom stereocenters. The van der Waals surface area contributed by atoms with E-state index in [1.807, 2.05) is 0 Å². The van der Waals surface area contributed by atoms with Crippen molar-refractivity contribution < 1.29 is 44.0 Å². The summed E-state index contributed by atoms with van der Waals surface area (Å²) in [5.74, 6) is -3.39. The fraction of sp³-hybridized carbons (Fsp3) is 0.167. The van der Waals surface area contributed by atoms with E-state index in [1.54, 1.807) is 42.5 Å². The second kappa shape index (κ2) is 17.0. The van der Waals surface area contributed by atoms with Gasteiger partial charge in [-0.25, -0.2) is 14.8 Å². The molecule has 21 heteroatoms. The fourth-order valence-corrected chi connectivity index (χ4v) is 7.39. The van der Waals surface area contributed by atoms with Gasteiger partial charge in [0.25, 0.3) is 11.5 Å². The molecule has 0 bridgehead atoms. The maximum atomic E-state index is 13.4. The van der Waals surface area contributed by atoms with Gasteiger partial charge in [0.2, 0.25) is 11.9 Å². The van der Waals surface area contributed by atoms with Gasteiger partial charge in [-0.3, -0.25) is 19.4 Å². The number of carboxylic acids is 1. The van der Waals surface area contributed by atoms with E-state index in [-0.39, 0.29) is 88.8 Å². The largest absolute Gasteiger partial charge is 0.872 e. The van der Waals surface area contributed by atoms with Gasteiger partial charge in [-0.2, -0.15) is 4.98 Å². The first kappa shape index (κ1) is 41.4. The molecule has 8 rings (SSSR count). The quantitative estimate of drug-likeness (QED) is 0.0456. The molecule has 2 aromatic heterocycles. The lowest BCUT2D eigenvalue weighted by Crippen LogP contribution is -2.48. The van der Waals surface area contributed by atoms with Crippen LogP contribution in [-0.4, -0.2) is 73.0 Å². The summed E-state index contributed by atoms with van der Waals surface area (Å²) < 4.78 is 12.0. The van der Waals surface area contributed by atoms with E-state index in [0.717, 1.165) is 0 Å². The number of H-pyrrole nitrogens is 1. The van der Waals surface area contributed by atoms with E-state index in [0.29, 0.717) is 33.8 Å². The lowest BCUT2D eigenvalue weighted by Gasteiger charge is -2.37. The second-order valence-electron chi connectivity index (χ2n) is 14.3. The van der Waals surface area contributed by atoms with E-state index in [4.69, 9.17) is 27.4 Å². The number of esters is 1. The maximum absolute atomic E-state index is 13.4. The fourth-order valence-electron chi connectivity index (χ4n) is 7.17. The standard InChI is InChI=1S/C42H36N10O10S/c43-40-51-35-34(37(57)52-40)48-23(19-47-35)18-46-21-3-1-20(2-4-21)36(56)50-30(38(58)59)11-12-33(55)44-13-14-45-41(63)49-22-5-8-27-26(15-22)39(60)62-42(27)28-9-6-24(53)16-31(28)61-32-17-25(54)7-10-29(32)42/h1-10,15-17,19,30,46,53-54H,11-14,18H2,(H,44,55)(H,50,56)(H,58,59)(H2,45,49,63)(H3,43,47,51,52,57)/p-2/t30-/m0/s1. The second-order valence-corrected chi connectivity index (χ2v) is 14.7. The molecule has 0 saturated heterocycles. The molecular formula is C42H34N10O10S-2. The minimum absolute atomic E-state index is 0.0313. The van der Waals surface area contributed by atoms with Crippen molar-refractivity contribution in [3.8, 4) is 23.0 Å². The summed E-state index contributed by atoms with van der Waals surface area (Å²) in [7, 11) is 0.